The summed E-state index contributed by atoms with van der Waals surface area (Å²) < 4.78 is 0. The second-order valence-corrected chi connectivity index (χ2v) is 7.28. The number of carbonyl (C=O) groups is 2. The number of anilines is 1. The van der Waals surface area contributed by atoms with Crippen LogP contribution in [0.25, 0.3) is 0 Å². The number of halogens is 2. The van der Waals surface area contributed by atoms with Crippen LogP contribution in [0.3, 0.4) is 0 Å². The Balaban J connectivity index is 2.00. The lowest BCUT2D eigenvalue weighted by Crippen LogP contribution is -2.36. The molecule has 0 bridgehead atoms. The number of nitrogens with zero attached hydrogens (tertiary/aromatic N) is 1. The van der Waals surface area contributed by atoms with Gasteiger partial charge in [0.2, 0.25) is 11.8 Å². The van der Waals surface area contributed by atoms with Crippen LogP contribution in [-0.2, 0) is 16.0 Å². The van der Waals surface area contributed by atoms with Gasteiger partial charge in [-0.1, -0.05) is 60.5 Å². The van der Waals surface area contributed by atoms with E-state index in [9.17, 15) is 9.59 Å². The van der Waals surface area contributed by atoms with E-state index in [2.05, 4.69) is 0 Å². The van der Waals surface area contributed by atoms with Gasteiger partial charge in [0.15, 0.2) is 0 Å². The highest BCUT2D eigenvalue weighted by molar-refractivity contribution is 6.35. The SMILES string of the molecule is C[C@H]1C(=O)N(c2cc(Cl)cc(Cl)c2)C(=O)[C@]1(C)Cc1ccccc1. The summed E-state index contributed by atoms with van der Waals surface area (Å²) >= 11 is 12.1. The van der Waals surface area contributed by atoms with Crippen molar-refractivity contribution < 1.29 is 9.59 Å². The molecule has 0 unspecified atom stereocenters. The molecule has 3 nitrogen and oxygen atoms in total. The highest BCUT2D eigenvalue weighted by Crippen LogP contribution is 2.43. The Morgan fingerprint density at radius 3 is 2.21 bits per heavy atom. The molecule has 2 atom stereocenters. The van der Waals surface area contributed by atoms with Gasteiger partial charge in [-0.05, 0) is 37.1 Å². The summed E-state index contributed by atoms with van der Waals surface area (Å²) in [6.45, 7) is 3.65. The van der Waals surface area contributed by atoms with E-state index in [1.54, 1.807) is 25.1 Å². The van der Waals surface area contributed by atoms with Crippen molar-refractivity contribution in [3.05, 3.63) is 64.1 Å². The molecular formula is C19H17Cl2NO2. The molecular weight excluding hydrogens is 345 g/mol. The quantitative estimate of drug-likeness (QED) is 0.739. The van der Waals surface area contributed by atoms with Gasteiger partial charge in [-0.2, -0.15) is 0 Å². The first-order valence-electron chi connectivity index (χ1n) is 7.71. The predicted octanol–water partition coefficient (Wildman–Crippen LogP) is 4.75. The van der Waals surface area contributed by atoms with E-state index < -0.39 is 11.3 Å². The van der Waals surface area contributed by atoms with Gasteiger partial charge in [0.1, 0.15) is 0 Å². The maximum atomic E-state index is 13.1. The van der Waals surface area contributed by atoms with Crippen LogP contribution < -0.4 is 4.90 Å². The number of benzene rings is 2. The van der Waals surface area contributed by atoms with Gasteiger partial charge in [-0.25, -0.2) is 4.90 Å². The fraction of sp³-hybridized carbons (Fsp3) is 0.263. The molecule has 5 heteroatoms. The lowest BCUT2D eigenvalue weighted by molar-refractivity contribution is -0.125. The van der Waals surface area contributed by atoms with Crippen molar-refractivity contribution in [1.82, 2.24) is 0 Å². The predicted molar refractivity (Wildman–Crippen MR) is 96.4 cm³/mol. The first-order valence-corrected chi connectivity index (χ1v) is 8.47. The largest absolute Gasteiger partial charge is 0.274 e. The van der Waals surface area contributed by atoms with Gasteiger partial charge in [0.05, 0.1) is 17.0 Å². The van der Waals surface area contributed by atoms with Crippen LogP contribution in [0.5, 0.6) is 0 Å². The fourth-order valence-corrected chi connectivity index (χ4v) is 3.68. The van der Waals surface area contributed by atoms with E-state index in [1.807, 2.05) is 37.3 Å². The zero-order valence-electron chi connectivity index (χ0n) is 13.4. The fourth-order valence-electron chi connectivity index (χ4n) is 3.17. The second kappa shape index (κ2) is 6.23. The van der Waals surface area contributed by atoms with Crippen LogP contribution in [0, 0.1) is 11.3 Å². The normalized spacial score (nSPS) is 23.8. The van der Waals surface area contributed by atoms with Crippen LogP contribution in [0.2, 0.25) is 10.0 Å². The van der Waals surface area contributed by atoms with Gasteiger partial charge < -0.3 is 0 Å². The molecule has 1 heterocycles. The zero-order valence-corrected chi connectivity index (χ0v) is 14.9. The highest BCUT2D eigenvalue weighted by atomic mass is 35.5. The minimum atomic E-state index is -0.798. The summed E-state index contributed by atoms with van der Waals surface area (Å²) in [4.78, 5) is 27.1. The topological polar surface area (TPSA) is 37.4 Å². The van der Waals surface area contributed by atoms with E-state index in [0.29, 0.717) is 22.2 Å². The molecule has 0 N–H and O–H groups in total. The number of carbonyl (C=O) groups excluding carboxylic acids is 2. The summed E-state index contributed by atoms with van der Waals surface area (Å²) in [5.41, 5.74) is 0.651. The molecule has 0 aromatic heterocycles. The molecule has 124 valence electrons. The Bertz CT molecular complexity index is 786. The molecule has 2 amide bonds. The van der Waals surface area contributed by atoms with Crippen LogP contribution in [0.15, 0.2) is 48.5 Å². The number of rotatable bonds is 3. The number of hydrogen-bond donors (Lipinski definition) is 0. The molecule has 3 rings (SSSR count). The number of imide groups is 1. The smallest absolute Gasteiger partial charge is 0.240 e. The molecule has 24 heavy (non-hydrogen) atoms. The Morgan fingerprint density at radius 1 is 1.04 bits per heavy atom. The molecule has 2 aromatic carbocycles. The number of hydrogen-bond acceptors (Lipinski definition) is 2. The molecule has 1 fully saturated rings. The Labute approximate surface area is 151 Å². The highest BCUT2D eigenvalue weighted by Gasteiger charge is 2.54. The summed E-state index contributed by atoms with van der Waals surface area (Å²) in [6.07, 6.45) is 0.504. The average Bonchev–Trinajstić information content (AvgIpc) is 2.69. The maximum absolute atomic E-state index is 13.1. The molecule has 1 saturated heterocycles. The lowest BCUT2D eigenvalue weighted by Gasteiger charge is -2.25. The van der Waals surface area contributed by atoms with Gasteiger partial charge in [-0.3, -0.25) is 9.59 Å². The molecule has 1 aliphatic heterocycles. The van der Waals surface area contributed by atoms with Crippen LogP contribution in [0.1, 0.15) is 19.4 Å². The van der Waals surface area contributed by atoms with E-state index in [-0.39, 0.29) is 11.8 Å². The van der Waals surface area contributed by atoms with Crippen LogP contribution in [0.4, 0.5) is 5.69 Å². The number of amides is 2. The summed E-state index contributed by atoms with van der Waals surface area (Å²) in [7, 11) is 0. The van der Waals surface area contributed by atoms with Crippen molar-refractivity contribution in [2.45, 2.75) is 20.3 Å². The van der Waals surface area contributed by atoms with E-state index >= 15 is 0 Å². The molecule has 1 aliphatic rings. The van der Waals surface area contributed by atoms with E-state index in [0.717, 1.165) is 5.56 Å². The summed E-state index contributed by atoms with van der Waals surface area (Å²) in [6, 6.07) is 14.5. The molecule has 2 aromatic rings. The third-order valence-electron chi connectivity index (χ3n) is 4.76. The first kappa shape index (κ1) is 17.0. The van der Waals surface area contributed by atoms with Crippen LogP contribution in [-0.4, -0.2) is 11.8 Å². The summed E-state index contributed by atoms with van der Waals surface area (Å²) in [5.74, 6) is -0.873. The van der Waals surface area contributed by atoms with Crippen LogP contribution >= 0.6 is 23.2 Å². The minimum Gasteiger partial charge on any atom is -0.274 e. The van der Waals surface area contributed by atoms with Gasteiger partial charge in [0, 0.05) is 10.0 Å². The average molecular weight is 362 g/mol. The third-order valence-corrected chi connectivity index (χ3v) is 5.19. The van der Waals surface area contributed by atoms with Crippen molar-refractivity contribution in [2.24, 2.45) is 11.3 Å². The standard InChI is InChI=1S/C19H17Cl2NO2/c1-12-17(23)22(16-9-14(20)8-15(21)10-16)18(24)19(12,2)11-13-6-4-3-5-7-13/h3-10,12H,11H2,1-2H3/t12-,19+/m0/s1. The van der Waals surface area contributed by atoms with Crippen molar-refractivity contribution in [1.29, 1.82) is 0 Å². The Morgan fingerprint density at radius 2 is 1.62 bits per heavy atom. The van der Waals surface area contributed by atoms with Crippen molar-refractivity contribution in [3.63, 3.8) is 0 Å². The van der Waals surface area contributed by atoms with Gasteiger partial charge in [0.25, 0.3) is 0 Å². The van der Waals surface area contributed by atoms with E-state index in [1.165, 1.54) is 4.90 Å². The molecule has 0 radical (unpaired) electrons. The van der Waals surface area contributed by atoms with Gasteiger partial charge in [-0.15, -0.1) is 0 Å². The maximum Gasteiger partial charge on any atom is 0.240 e. The first-order chi connectivity index (χ1) is 11.3. The summed E-state index contributed by atoms with van der Waals surface area (Å²) in [5, 5.41) is 0.782. The van der Waals surface area contributed by atoms with E-state index in [4.69, 9.17) is 23.2 Å². The van der Waals surface area contributed by atoms with Crippen molar-refractivity contribution in [2.75, 3.05) is 4.90 Å². The zero-order chi connectivity index (χ0) is 17.5. The Hall–Kier alpha value is -1.84. The third kappa shape index (κ3) is 2.83. The monoisotopic (exact) mass is 361 g/mol. The Kier molecular flexibility index (Phi) is 4.41. The van der Waals surface area contributed by atoms with Crippen molar-refractivity contribution >= 4 is 40.7 Å². The van der Waals surface area contributed by atoms with Crippen molar-refractivity contribution in [3.8, 4) is 0 Å². The molecule has 0 aliphatic carbocycles. The minimum absolute atomic E-state index is 0.220. The lowest BCUT2D eigenvalue weighted by atomic mass is 9.75. The second-order valence-electron chi connectivity index (χ2n) is 6.41. The molecule has 0 saturated carbocycles. The molecule has 0 spiro atoms. The van der Waals surface area contributed by atoms with Gasteiger partial charge >= 0.3 is 0 Å².